The fourth-order valence-corrected chi connectivity index (χ4v) is 1.82. The van der Waals surface area contributed by atoms with Gasteiger partial charge in [0.25, 0.3) is 0 Å². The Bertz CT molecular complexity index is 291. The van der Waals surface area contributed by atoms with E-state index in [0.717, 1.165) is 6.42 Å². The molecule has 5 heteroatoms. The number of carboxylic acids is 1. The maximum Gasteiger partial charge on any atom is 1.00 e. The molecule has 1 N–H and O–H groups in total. The van der Waals surface area contributed by atoms with Gasteiger partial charge in [0, 0.05) is 16.2 Å². The minimum Gasteiger partial charge on any atom is -1.00 e. The fraction of sp³-hybridized carbons (Fsp3) is 0.444. The van der Waals surface area contributed by atoms with E-state index in [4.69, 9.17) is 9.84 Å². The summed E-state index contributed by atoms with van der Waals surface area (Å²) in [4.78, 5) is 12.6. The van der Waals surface area contributed by atoms with Crippen LogP contribution >= 0.6 is 11.3 Å². The van der Waals surface area contributed by atoms with Crippen molar-refractivity contribution in [3.05, 3.63) is 21.9 Å². The maximum absolute atomic E-state index is 10.1. The second-order valence-corrected chi connectivity index (χ2v) is 4.08. The van der Waals surface area contributed by atoms with Crippen molar-refractivity contribution in [2.45, 2.75) is 13.3 Å². The minimum atomic E-state index is -0.914. The number of ether oxygens (including phenoxy) is 1. The Kier molecular flexibility index (Phi) is 7.49. The number of aliphatic carboxylic acids is 1. The Morgan fingerprint density at radius 2 is 2.36 bits per heavy atom. The largest absolute Gasteiger partial charge is 1.00 e. The van der Waals surface area contributed by atoms with Crippen molar-refractivity contribution in [3.63, 3.8) is 0 Å². The standard InChI is InChI=1S/C9H12O3S.Na.H/c1-7-2-3-8(13-7)4-5-12-6-9(10)11;;/h2-3H,4-6H2,1H3,(H,10,11);;/q;+1;-1. The molecule has 0 saturated carbocycles. The van der Waals surface area contributed by atoms with E-state index in [-0.39, 0.29) is 37.6 Å². The zero-order valence-corrected chi connectivity index (χ0v) is 11.3. The van der Waals surface area contributed by atoms with Gasteiger partial charge in [-0.3, -0.25) is 0 Å². The second-order valence-electron chi connectivity index (χ2n) is 2.71. The van der Waals surface area contributed by atoms with Crippen molar-refractivity contribution in [2.75, 3.05) is 13.2 Å². The second kappa shape index (κ2) is 7.43. The summed E-state index contributed by atoms with van der Waals surface area (Å²) >= 11 is 1.72. The van der Waals surface area contributed by atoms with E-state index in [1.807, 2.05) is 13.0 Å². The molecular formula is C9H13NaO3S. The molecule has 0 atom stereocenters. The average molecular weight is 224 g/mol. The van der Waals surface area contributed by atoms with Gasteiger partial charge in [0.2, 0.25) is 0 Å². The molecule has 0 amide bonds. The Hall–Kier alpha value is 0.130. The molecule has 0 aromatic carbocycles. The molecule has 0 spiro atoms. The van der Waals surface area contributed by atoms with E-state index in [1.54, 1.807) is 11.3 Å². The van der Waals surface area contributed by atoms with E-state index in [9.17, 15) is 4.79 Å². The van der Waals surface area contributed by atoms with E-state index in [0.29, 0.717) is 6.61 Å². The van der Waals surface area contributed by atoms with Gasteiger partial charge in [-0.05, 0) is 19.1 Å². The van der Waals surface area contributed by atoms with Crippen molar-refractivity contribution in [1.82, 2.24) is 0 Å². The predicted octanol–water partition coefficient (Wildman–Crippen LogP) is -1.18. The Labute approximate surface area is 111 Å². The minimum absolute atomic E-state index is 0. The molecule has 74 valence electrons. The average Bonchev–Trinajstić information content (AvgIpc) is 2.45. The van der Waals surface area contributed by atoms with Crippen molar-refractivity contribution in [3.8, 4) is 0 Å². The Balaban J connectivity index is 0. The van der Waals surface area contributed by atoms with Gasteiger partial charge in [-0.1, -0.05) is 0 Å². The maximum atomic E-state index is 10.1. The van der Waals surface area contributed by atoms with Crippen LogP contribution in [0.2, 0.25) is 0 Å². The van der Waals surface area contributed by atoms with Crippen LogP contribution in [0.5, 0.6) is 0 Å². The molecule has 3 nitrogen and oxygen atoms in total. The zero-order chi connectivity index (χ0) is 9.68. The molecule has 1 aromatic heterocycles. The summed E-state index contributed by atoms with van der Waals surface area (Å²) < 4.78 is 4.92. The van der Waals surface area contributed by atoms with Gasteiger partial charge >= 0.3 is 35.5 Å². The van der Waals surface area contributed by atoms with Gasteiger partial charge in [-0.2, -0.15) is 0 Å². The Morgan fingerprint density at radius 1 is 1.64 bits per heavy atom. The summed E-state index contributed by atoms with van der Waals surface area (Å²) in [5, 5.41) is 8.29. The third-order valence-electron chi connectivity index (χ3n) is 1.51. The van der Waals surface area contributed by atoms with Gasteiger partial charge in [-0.25, -0.2) is 4.79 Å². The number of carboxylic acid groups (broad SMARTS) is 1. The first-order chi connectivity index (χ1) is 6.18. The molecule has 0 aliphatic rings. The van der Waals surface area contributed by atoms with Gasteiger partial charge < -0.3 is 11.3 Å². The third-order valence-corrected chi connectivity index (χ3v) is 2.57. The topological polar surface area (TPSA) is 46.5 Å². The number of carbonyl (C=O) groups is 1. The molecule has 1 aromatic rings. The normalized spacial score (nSPS) is 9.50. The number of hydrogen-bond acceptors (Lipinski definition) is 3. The van der Waals surface area contributed by atoms with Gasteiger partial charge in [-0.15, -0.1) is 11.3 Å². The monoisotopic (exact) mass is 224 g/mol. The number of rotatable bonds is 5. The van der Waals surface area contributed by atoms with Crippen LogP contribution in [0.4, 0.5) is 0 Å². The van der Waals surface area contributed by atoms with Crippen LogP contribution in [-0.2, 0) is 16.0 Å². The van der Waals surface area contributed by atoms with E-state index < -0.39 is 5.97 Å². The first-order valence-corrected chi connectivity index (χ1v) is 4.85. The molecule has 1 heterocycles. The summed E-state index contributed by atoms with van der Waals surface area (Å²) in [6.07, 6.45) is 0.797. The van der Waals surface area contributed by atoms with Crippen LogP contribution in [0.15, 0.2) is 12.1 Å². The summed E-state index contributed by atoms with van der Waals surface area (Å²) in [6, 6.07) is 4.10. The van der Waals surface area contributed by atoms with Gasteiger partial charge in [0.15, 0.2) is 0 Å². The summed E-state index contributed by atoms with van der Waals surface area (Å²) in [7, 11) is 0. The first kappa shape index (κ1) is 14.1. The van der Waals surface area contributed by atoms with Crippen LogP contribution < -0.4 is 29.6 Å². The molecule has 0 aliphatic carbocycles. The smallest absolute Gasteiger partial charge is 1.00 e. The van der Waals surface area contributed by atoms with Crippen molar-refractivity contribution in [1.29, 1.82) is 0 Å². The SMILES string of the molecule is Cc1ccc(CCOCC(=O)O)s1.[H-].[Na+]. The molecule has 0 fully saturated rings. The Morgan fingerprint density at radius 3 is 2.86 bits per heavy atom. The van der Waals surface area contributed by atoms with Crippen LogP contribution in [0, 0.1) is 6.92 Å². The number of hydrogen-bond donors (Lipinski definition) is 1. The third kappa shape index (κ3) is 5.78. The molecule has 0 unspecified atom stereocenters. The molecule has 1 rings (SSSR count). The van der Waals surface area contributed by atoms with Crippen LogP contribution in [-0.4, -0.2) is 24.3 Å². The molecule has 0 bridgehead atoms. The van der Waals surface area contributed by atoms with Crippen LogP contribution in [0.3, 0.4) is 0 Å². The number of thiophene rings is 1. The number of aryl methyl sites for hydroxylation is 1. The van der Waals surface area contributed by atoms with Crippen molar-refractivity contribution < 1.29 is 45.6 Å². The van der Waals surface area contributed by atoms with E-state index >= 15 is 0 Å². The molecule has 0 radical (unpaired) electrons. The fourth-order valence-electron chi connectivity index (χ4n) is 0.952. The molecule has 0 aliphatic heterocycles. The predicted molar refractivity (Wildman–Crippen MR) is 52.3 cm³/mol. The first-order valence-electron chi connectivity index (χ1n) is 4.03. The molecule has 14 heavy (non-hydrogen) atoms. The van der Waals surface area contributed by atoms with E-state index in [2.05, 4.69) is 6.07 Å². The summed E-state index contributed by atoms with van der Waals surface area (Å²) in [6.45, 7) is 2.32. The van der Waals surface area contributed by atoms with E-state index in [1.165, 1.54) is 9.75 Å². The van der Waals surface area contributed by atoms with Gasteiger partial charge in [0.05, 0.1) is 6.61 Å². The summed E-state index contributed by atoms with van der Waals surface area (Å²) in [5.74, 6) is -0.914. The van der Waals surface area contributed by atoms with Crippen LogP contribution in [0.1, 0.15) is 11.2 Å². The quantitative estimate of drug-likeness (QED) is 0.506. The van der Waals surface area contributed by atoms with Crippen LogP contribution in [0.25, 0.3) is 0 Å². The summed E-state index contributed by atoms with van der Waals surface area (Å²) in [5.41, 5.74) is 0. The van der Waals surface area contributed by atoms with Crippen molar-refractivity contribution in [2.24, 2.45) is 0 Å². The van der Waals surface area contributed by atoms with Gasteiger partial charge in [0.1, 0.15) is 6.61 Å². The molecular weight excluding hydrogens is 211 g/mol. The van der Waals surface area contributed by atoms with Crippen molar-refractivity contribution >= 4 is 17.3 Å². The zero-order valence-electron chi connectivity index (χ0n) is 9.45. The molecule has 0 saturated heterocycles.